The van der Waals surface area contributed by atoms with Crippen LogP contribution in [0.5, 0.6) is 0 Å². The standard InChI is InChI=1S/C28H29Cl2F3N4O5/c29-17-1-8-24-21(13-17)27(30)25(42-24)15-35-9-11-36(12-10-35)26(38)16-41-20-5-2-18(3-6-20)34-19-4-7-23(37(39)40)22(14-19)28(31,32)33/h1,4,7-8,13-14,18,20,34H,2-3,5-6,9-12,15-16H2/t18-,20-. The van der Waals surface area contributed by atoms with Gasteiger partial charge in [-0.25, -0.2) is 0 Å². The van der Waals surface area contributed by atoms with Gasteiger partial charge in [-0.1, -0.05) is 23.2 Å². The molecular weight excluding hydrogens is 600 g/mol. The Balaban J connectivity index is 1.04. The summed E-state index contributed by atoms with van der Waals surface area (Å²) >= 11 is 12.6. The first kappa shape index (κ1) is 30.4. The molecule has 2 fully saturated rings. The molecule has 5 rings (SSSR count). The van der Waals surface area contributed by atoms with E-state index in [1.165, 1.54) is 6.07 Å². The summed E-state index contributed by atoms with van der Waals surface area (Å²) in [6.45, 7) is 2.93. The van der Waals surface area contributed by atoms with Gasteiger partial charge in [-0.15, -0.1) is 0 Å². The Hall–Kier alpha value is -3.06. The van der Waals surface area contributed by atoms with E-state index in [4.69, 9.17) is 32.4 Å². The Bertz CT molecular complexity index is 1450. The molecule has 0 unspecified atom stereocenters. The highest BCUT2D eigenvalue weighted by Crippen LogP contribution is 2.38. The third kappa shape index (κ3) is 7.11. The van der Waals surface area contributed by atoms with E-state index in [-0.39, 0.29) is 30.3 Å². The Kier molecular flexibility index (Phi) is 9.17. The molecule has 42 heavy (non-hydrogen) atoms. The molecule has 1 saturated carbocycles. The van der Waals surface area contributed by atoms with Crippen LogP contribution in [0, 0.1) is 10.1 Å². The van der Waals surface area contributed by atoms with Crippen molar-refractivity contribution in [3.63, 3.8) is 0 Å². The summed E-state index contributed by atoms with van der Waals surface area (Å²) in [7, 11) is 0. The van der Waals surface area contributed by atoms with Gasteiger partial charge >= 0.3 is 6.18 Å². The Morgan fingerprint density at radius 3 is 2.45 bits per heavy atom. The average molecular weight is 629 g/mol. The number of hydrogen-bond acceptors (Lipinski definition) is 7. The summed E-state index contributed by atoms with van der Waals surface area (Å²) in [5.41, 5.74) is -1.40. The van der Waals surface area contributed by atoms with Gasteiger partial charge < -0.3 is 19.4 Å². The molecule has 2 aliphatic rings. The van der Waals surface area contributed by atoms with Crippen LogP contribution in [0.1, 0.15) is 37.0 Å². The highest BCUT2D eigenvalue weighted by Gasteiger charge is 2.38. The molecule has 226 valence electrons. The number of anilines is 1. The molecule has 14 heteroatoms. The molecule has 0 spiro atoms. The van der Waals surface area contributed by atoms with Crippen molar-refractivity contribution in [2.45, 2.75) is 50.6 Å². The lowest BCUT2D eigenvalue weighted by Crippen LogP contribution is -2.49. The van der Waals surface area contributed by atoms with Gasteiger partial charge in [0.15, 0.2) is 0 Å². The van der Waals surface area contributed by atoms with Gasteiger partial charge in [0.05, 0.1) is 22.6 Å². The highest BCUT2D eigenvalue weighted by atomic mass is 35.5. The van der Waals surface area contributed by atoms with Crippen LogP contribution in [0.3, 0.4) is 0 Å². The number of hydrogen-bond donors (Lipinski definition) is 1. The van der Waals surface area contributed by atoms with Crippen molar-refractivity contribution in [3.05, 3.63) is 67.9 Å². The zero-order valence-corrected chi connectivity index (χ0v) is 24.0. The molecule has 1 aliphatic carbocycles. The molecule has 1 saturated heterocycles. The predicted octanol–water partition coefficient (Wildman–Crippen LogP) is 6.75. The molecule has 9 nitrogen and oxygen atoms in total. The van der Waals surface area contributed by atoms with Crippen LogP contribution in [0.25, 0.3) is 11.0 Å². The minimum Gasteiger partial charge on any atom is -0.458 e. The van der Waals surface area contributed by atoms with Crippen molar-refractivity contribution < 1.29 is 32.0 Å². The average Bonchev–Trinajstić information content (AvgIpc) is 3.26. The Labute approximate surface area is 249 Å². The molecule has 0 radical (unpaired) electrons. The number of carbonyl (C=O) groups excluding carboxylic acids is 1. The second-order valence-electron chi connectivity index (χ2n) is 10.6. The van der Waals surface area contributed by atoms with Crippen molar-refractivity contribution in [1.29, 1.82) is 0 Å². The van der Waals surface area contributed by atoms with Crippen LogP contribution in [0.4, 0.5) is 24.5 Å². The van der Waals surface area contributed by atoms with Crippen LogP contribution in [-0.4, -0.2) is 65.6 Å². The lowest BCUT2D eigenvalue weighted by atomic mass is 9.92. The van der Waals surface area contributed by atoms with Crippen molar-refractivity contribution in [2.75, 3.05) is 38.1 Å². The zero-order chi connectivity index (χ0) is 30.0. The molecule has 0 bridgehead atoms. The molecule has 3 aromatic rings. The number of carbonyl (C=O) groups is 1. The topological polar surface area (TPSA) is 101 Å². The number of piperazine rings is 1. The van der Waals surface area contributed by atoms with E-state index in [0.717, 1.165) is 17.5 Å². The first-order valence-electron chi connectivity index (χ1n) is 13.6. The number of furan rings is 1. The third-order valence-corrected chi connectivity index (χ3v) is 8.38. The number of nitrogens with one attached hydrogen (secondary N) is 1. The fourth-order valence-corrected chi connectivity index (χ4v) is 5.87. The second kappa shape index (κ2) is 12.7. The summed E-state index contributed by atoms with van der Waals surface area (Å²) in [5, 5.41) is 15.9. The SMILES string of the molecule is O=C(CO[C@H]1CC[C@H](Nc2ccc([N+](=O)[O-])c(C(F)(F)F)c2)CC1)N1CCN(Cc2oc3ccc(Cl)cc3c2Cl)CC1. The van der Waals surface area contributed by atoms with Gasteiger partial charge in [0.25, 0.3) is 5.69 Å². The largest absolute Gasteiger partial charge is 0.458 e. The Morgan fingerprint density at radius 1 is 1.07 bits per heavy atom. The van der Waals surface area contributed by atoms with E-state index >= 15 is 0 Å². The van der Waals surface area contributed by atoms with Crippen molar-refractivity contribution in [1.82, 2.24) is 9.80 Å². The van der Waals surface area contributed by atoms with Gasteiger partial charge in [0.1, 0.15) is 23.5 Å². The minimum absolute atomic E-state index is 0.0315. The van der Waals surface area contributed by atoms with Crippen LogP contribution in [0.2, 0.25) is 10.0 Å². The first-order chi connectivity index (χ1) is 20.0. The van der Waals surface area contributed by atoms with Crippen LogP contribution >= 0.6 is 23.2 Å². The van der Waals surface area contributed by atoms with Crippen LogP contribution in [0.15, 0.2) is 40.8 Å². The molecule has 2 aromatic carbocycles. The van der Waals surface area contributed by atoms with Gasteiger partial charge in [-0.2, -0.15) is 13.2 Å². The van der Waals surface area contributed by atoms with E-state index in [9.17, 15) is 28.1 Å². The number of rotatable bonds is 8. The van der Waals surface area contributed by atoms with Gasteiger partial charge in [-0.3, -0.25) is 19.8 Å². The number of halogens is 5. The number of nitro groups is 1. The number of nitrogens with zero attached hydrogens (tertiary/aromatic N) is 3. The number of fused-ring (bicyclic) bond motifs is 1. The van der Waals surface area contributed by atoms with Crippen molar-refractivity contribution in [3.8, 4) is 0 Å². The summed E-state index contributed by atoms with van der Waals surface area (Å²) < 4.78 is 51.6. The molecule has 1 aromatic heterocycles. The van der Waals surface area contributed by atoms with Gasteiger partial charge in [0.2, 0.25) is 5.91 Å². The highest BCUT2D eigenvalue weighted by molar-refractivity contribution is 6.37. The molecule has 0 atom stereocenters. The normalized spacial score (nSPS) is 20.2. The van der Waals surface area contributed by atoms with Crippen LogP contribution in [-0.2, 0) is 22.3 Å². The maximum atomic E-state index is 13.3. The van der Waals surface area contributed by atoms with Crippen molar-refractivity contribution >= 4 is 51.5 Å². The number of ether oxygens (including phenoxy) is 1. The summed E-state index contributed by atoms with van der Waals surface area (Å²) in [6, 6.07) is 8.15. The van der Waals surface area contributed by atoms with E-state index in [2.05, 4.69) is 10.2 Å². The molecule has 1 N–H and O–H groups in total. The summed E-state index contributed by atoms with van der Waals surface area (Å²) in [4.78, 5) is 26.7. The molecule has 1 amide bonds. The zero-order valence-electron chi connectivity index (χ0n) is 22.5. The van der Waals surface area contributed by atoms with E-state index in [1.54, 1.807) is 23.1 Å². The van der Waals surface area contributed by atoms with Crippen LogP contribution < -0.4 is 5.32 Å². The molecule has 1 aliphatic heterocycles. The summed E-state index contributed by atoms with van der Waals surface area (Å²) in [6.07, 6.45) is -2.41. The lowest BCUT2D eigenvalue weighted by Gasteiger charge is -2.35. The summed E-state index contributed by atoms with van der Waals surface area (Å²) in [5.74, 6) is 0.577. The maximum absolute atomic E-state index is 13.3. The van der Waals surface area contributed by atoms with Gasteiger partial charge in [0, 0.05) is 54.4 Å². The van der Waals surface area contributed by atoms with E-state index < -0.39 is 22.4 Å². The van der Waals surface area contributed by atoms with Crippen molar-refractivity contribution in [2.24, 2.45) is 0 Å². The smallest absolute Gasteiger partial charge is 0.423 e. The number of alkyl halides is 3. The number of amides is 1. The van der Waals surface area contributed by atoms with E-state index in [1.807, 2.05) is 0 Å². The molecule has 2 heterocycles. The lowest BCUT2D eigenvalue weighted by molar-refractivity contribution is -0.388. The fourth-order valence-electron chi connectivity index (χ4n) is 5.45. The monoisotopic (exact) mass is 628 g/mol. The second-order valence-corrected chi connectivity index (χ2v) is 11.4. The first-order valence-corrected chi connectivity index (χ1v) is 14.3. The predicted molar refractivity (Wildman–Crippen MR) is 152 cm³/mol. The quantitative estimate of drug-likeness (QED) is 0.217. The fraction of sp³-hybridized carbons (Fsp3) is 0.464. The van der Waals surface area contributed by atoms with E-state index in [0.29, 0.717) is 79.8 Å². The number of nitro benzene ring substituents is 1. The van der Waals surface area contributed by atoms with Gasteiger partial charge in [-0.05, 0) is 56.0 Å². The molecular formula is C28H29Cl2F3N4O5. The minimum atomic E-state index is -4.83. The maximum Gasteiger partial charge on any atom is 0.423 e. The Morgan fingerprint density at radius 2 is 1.79 bits per heavy atom. The number of benzene rings is 2. The third-order valence-electron chi connectivity index (χ3n) is 7.73.